The van der Waals surface area contributed by atoms with Crippen LogP contribution >= 0.6 is 34.8 Å². The van der Waals surface area contributed by atoms with Gasteiger partial charge in [-0.25, -0.2) is 0 Å². The molecule has 0 bridgehead atoms. The van der Waals surface area contributed by atoms with Crippen molar-refractivity contribution in [3.05, 3.63) is 68.7 Å². The summed E-state index contributed by atoms with van der Waals surface area (Å²) < 4.78 is 0. The lowest BCUT2D eigenvalue weighted by Crippen LogP contribution is -2.24. The maximum Gasteiger partial charge on any atom is 0.0453 e. The Morgan fingerprint density at radius 2 is 1.57 bits per heavy atom. The molecule has 0 aliphatic heterocycles. The molecule has 21 heavy (non-hydrogen) atoms. The highest BCUT2D eigenvalue weighted by Crippen LogP contribution is 2.29. The first-order chi connectivity index (χ1) is 10.1. The van der Waals surface area contributed by atoms with Crippen molar-refractivity contribution in [2.24, 2.45) is 0 Å². The van der Waals surface area contributed by atoms with E-state index in [1.165, 1.54) is 5.56 Å². The van der Waals surface area contributed by atoms with E-state index in [9.17, 15) is 0 Å². The molecule has 4 heteroatoms. The molecule has 0 amide bonds. The number of hydrogen-bond donors (Lipinski definition) is 1. The van der Waals surface area contributed by atoms with Crippen molar-refractivity contribution in [1.29, 1.82) is 0 Å². The third-order valence-corrected chi connectivity index (χ3v) is 4.34. The van der Waals surface area contributed by atoms with Crippen LogP contribution in [0.25, 0.3) is 0 Å². The van der Waals surface area contributed by atoms with Crippen molar-refractivity contribution in [3.63, 3.8) is 0 Å². The van der Waals surface area contributed by atoms with E-state index in [1.54, 1.807) is 0 Å². The molecule has 1 unspecified atom stereocenters. The van der Waals surface area contributed by atoms with E-state index in [0.717, 1.165) is 30.0 Å². The number of halogens is 3. The molecule has 2 aromatic rings. The third-order valence-electron chi connectivity index (χ3n) is 3.38. The molecule has 0 saturated heterocycles. The van der Waals surface area contributed by atoms with Gasteiger partial charge in [0.15, 0.2) is 0 Å². The summed E-state index contributed by atoms with van der Waals surface area (Å²) in [7, 11) is 0. The quantitative estimate of drug-likeness (QED) is 0.686. The fourth-order valence-corrected chi connectivity index (χ4v) is 2.93. The van der Waals surface area contributed by atoms with Gasteiger partial charge in [0.2, 0.25) is 0 Å². The topological polar surface area (TPSA) is 12.0 Å². The van der Waals surface area contributed by atoms with Crippen LogP contribution in [0.2, 0.25) is 15.1 Å². The lowest BCUT2D eigenvalue weighted by atomic mass is 9.98. The zero-order valence-corrected chi connectivity index (χ0v) is 14.1. The second kappa shape index (κ2) is 8.05. The molecular formula is C17H18Cl3N. The minimum Gasteiger partial charge on any atom is -0.310 e. The Kier molecular flexibility index (Phi) is 6.38. The Morgan fingerprint density at radius 3 is 2.14 bits per heavy atom. The van der Waals surface area contributed by atoms with E-state index in [0.29, 0.717) is 10.0 Å². The zero-order valence-electron chi connectivity index (χ0n) is 11.9. The normalized spacial score (nSPS) is 12.4. The molecule has 2 aromatic carbocycles. The van der Waals surface area contributed by atoms with Gasteiger partial charge in [0.05, 0.1) is 0 Å². The van der Waals surface area contributed by atoms with Crippen molar-refractivity contribution in [1.82, 2.24) is 5.32 Å². The summed E-state index contributed by atoms with van der Waals surface area (Å²) in [5.41, 5.74) is 2.16. The van der Waals surface area contributed by atoms with Crippen LogP contribution in [0.4, 0.5) is 0 Å². The van der Waals surface area contributed by atoms with E-state index < -0.39 is 0 Å². The van der Waals surface area contributed by atoms with E-state index in [1.807, 2.05) is 42.5 Å². The van der Waals surface area contributed by atoms with Crippen LogP contribution in [0.15, 0.2) is 42.5 Å². The summed E-state index contributed by atoms with van der Waals surface area (Å²) in [6.07, 6.45) is 1.82. The van der Waals surface area contributed by atoms with Crippen molar-refractivity contribution in [2.45, 2.75) is 25.8 Å². The number of hydrogen-bond acceptors (Lipinski definition) is 1. The summed E-state index contributed by atoms with van der Waals surface area (Å²) in [5.74, 6) is 0. The van der Waals surface area contributed by atoms with Crippen molar-refractivity contribution in [2.75, 3.05) is 6.54 Å². The van der Waals surface area contributed by atoms with Crippen molar-refractivity contribution in [3.8, 4) is 0 Å². The molecule has 0 aliphatic carbocycles. The van der Waals surface area contributed by atoms with Gasteiger partial charge in [0, 0.05) is 21.1 Å². The minimum absolute atomic E-state index is 0.166. The van der Waals surface area contributed by atoms with Crippen LogP contribution < -0.4 is 5.32 Å². The number of nitrogens with one attached hydrogen (secondary N) is 1. The molecule has 112 valence electrons. The molecule has 1 nitrogen and oxygen atoms in total. The van der Waals surface area contributed by atoms with Gasteiger partial charge in [-0.15, -0.1) is 0 Å². The first-order valence-electron chi connectivity index (χ1n) is 7.03. The molecule has 0 aromatic heterocycles. The standard InChI is InChI=1S/C17H18Cl3N/c1-2-10-21-17(12-6-8-13(18)9-7-12)11-14-15(19)4-3-5-16(14)20/h3-9,17,21H,2,10-11H2,1H3. The monoisotopic (exact) mass is 341 g/mol. The molecule has 0 fully saturated rings. The highest BCUT2D eigenvalue weighted by Gasteiger charge is 2.15. The molecule has 0 heterocycles. The van der Waals surface area contributed by atoms with Gasteiger partial charge in [-0.1, -0.05) is 59.9 Å². The first-order valence-corrected chi connectivity index (χ1v) is 8.17. The maximum absolute atomic E-state index is 6.29. The SMILES string of the molecule is CCCNC(Cc1c(Cl)cccc1Cl)c1ccc(Cl)cc1. The molecule has 1 N–H and O–H groups in total. The van der Waals surface area contributed by atoms with Gasteiger partial charge in [-0.3, -0.25) is 0 Å². The van der Waals surface area contributed by atoms with Crippen LogP contribution in [0.5, 0.6) is 0 Å². The molecule has 0 saturated carbocycles. The van der Waals surface area contributed by atoms with Crippen LogP contribution in [0, 0.1) is 0 Å². The Bertz CT molecular complexity index is 561. The fourth-order valence-electron chi connectivity index (χ4n) is 2.25. The van der Waals surface area contributed by atoms with E-state index in [4.69, 9.17) is 34.8 Å². The van der Waals surface area contributed by atoms with Crippen LogP contribution in [-0.2, 0) is 6.42 Å². The average molecular weight is 343 g/mol. The number of benzene rings is 2. The molecule has 0 spiro atoms. The van der Waals surface area contributed by atoms with Gasteiger partial charge < -0.3 is 5.32 Å². The Morgan fingerprint density at radius 1 is 0.952 bits per heavy atom. The Balaban J connectivity index is 2.26. The molecule has 1 atom stereocenters. The third kappa shape index (κ3) is 4.62. The van der Waals surface area contributed by atoms with Crippen LogP contribution in [0.1, 0.15) is 30.5 Å². The first kappa shape index (κ1) is 16.6. The zero-order chi connectivity index (χ0) is 15.2. The fraction of sp³-hybridized carbons (Fsp3) is 0.294. The van der Waals surface area contributed by atoms with Crippen molar-refractivity contribution < 1.29 is 0 Å². The predicted molar refractivity (Wildman–Crippen MR) is 92.7 cm³/mol. The Labute approximate surface area is 141 Å². The summed E-state index contributed by atoms with van der Waals surface area (Å²) in [6.45, 7) is 3.09. The highest BCUT2D eigenvalue weighted by atomic mass is 35.5. The van der Waals surface area contributed by atoms with Gasteiger partial charge >= 0.3 is 0 Å². The minimum atomic E-state index is 0.166. The van der Waals surface area contributed by atoms with Crippen molar-refractivity contribution >= 4 is 34.8 Å². The van der Waals surface area contributed by atoms with Gasteiger partial charge in [0.25, 0.3) is 0 Å². The van der Waals surface area contributed by atoms with Gasteiger partial charge in [-0.2, -0.15) is 0 Å². The molecule has 0 radical (unpaired) electrons. The molecule has 2 rings (SSSR count). The largest absolute Gasteiger partial charge is 0.310 e. The van der Waals surface area contributed by atoms with Gasteiger partial charge in [-0.05, 0) is 54.8 Å². The van der Waals surface area contributed by atoms with E-state index in [-0.39, 0.29) is 6.04 Å². The molecular weight excluding hydrogens is 325 g/mol. The van der Waals surface area contributed by atoms with Crippen LogP contribution in [-0.4, -0.2) is 6.54 Å². The predicted octanol–water partition coefficient (Wildman–Crippen LogP) is 5.93. The van der Waals surface area contributed by atoms with E-state index in [2.05, 4.69) is 12.2 Å². The Hall–Kier alpha value is -0.730. The second-order valence-corrected chi connectivity index (χ2v) is 6.21. The summed E-state index contributed by atoms with van der Waals surface area (Å²) in [6, 6.07) is 13.7. The highest BCUT2D eigenvalue weighted by molar-refractivity contribution is 6.36. The summed E-state index contributed by atoms with van der Waals surface area (Å²) in [5, 5.41) is 5.70. The summed E-state index contributed by atoms with van der Waals surface area (Å²) >= 11 is 18.5. The lowest BCUT2D eigenvalue weighted by Gasteiger charge is -2.20. The van der Waals surface area contributed by atoms with E-state index >= 15 is 0 Å². The smallest absolute Gasteiger partial charge is 0.0453 e. The molecule has 0 aliphatic rings. The van der Waals surface area contributed by atoms with Gasteiger partial charge in [0.1, 0.15) is 0 Å². The van der Waals surface area contributed by atoms with Crippen LogP contribution in [0.3, 0.4) is 0 Å². The number of rotatable bonds is 6. The summed E-state index contributed by atoms with van der Waals surface area (Å²) in [4.78, 5) is 0. The lowest BCUT2D eigenvalue weighted by molar-refractivity contribution is 0.529. The maximum atomic E-state index is 6.29. The second-order valence-electron chi connectivity index (χ2n) is 4.96. The average Bonchev–Trinajstić information content (AvgIpc) is 2.47.